The van der Waals surface area contributed by atoms with E-state index in [1.165, 1.54) is 24.3 Å². The largest absolute Gasteiger partial charge is 0.411 e. The predicted molar refractivity (Wildman–Crippen MR) is 70.5 cm³/mol. The molecule has 19 heavy (non-hydrogen) atoms. The lowest BCUT2D eigenvalue weighted by Crippen LogP contribution is -2.28. The lowest BCUT2D eigenvalue weighted by atomic mass is 9.98. The van der Waals surface area contributed by atoms with Crippen molar-refractivity contribution >= 4 is 15.5 Å². The second-order valence-electron chi connectivity index (χ2n) is 4.80. The Balaban J connectivity index is 2.05. The summed E-state index contributed by atoms with van der Waals surface area (Å²) in [4.78, 5) is 0. The zero-order chi connectivity index (χ0) is 13.9. The molecule has 0 saturated heterocycles. The SMILES string of the molecule is O=S(=O)(Cc1ccc(F)cc1)C1CCC(=NO)CC1. The van der Waals surface area contributed by atoms with Gasteiger partial charge in [0.2, 0.25) is 0 Å². The molecule has 0 atom stereocenters. The number of halogens is 1. The van der Waals surface area contributed by atoms with E-state index in [1.807, 2.05) is 0 Å². The maximum absolute atomic E-state index is 12.8. The van der Waals surface area contributed by atoms with Crippen molar-refractivity contribution in [3.8, 4) is 0 Å². The number of rotatable bonds is 3. The van der Waals surface area contributed by atoms with Gasteiger partial charge in [0.1, 0.15) is 5.82 Å². The van der Waals surface area contributed by atoms with E-state index in [9.17, 15) is 12.8 Å². The van der Waals surface area contributed by atoms with Gasteiger partial charge in [-0.05, 0) is 43.4 Å². The maximum Gasteiger partial charge on any atom is 0.157 e. The van der Waals surface area contributed by atoms with E-state index in [0.29, 0.717) is 37.0 Å². The zero-order valence-electron chi connectivity index (χ0n) is 10.4. The van der Waals surface area contributed by atoms with Crippen molar-refractivity contribution in [2.45, 2.75) is 36.7 Å². The van der Waals surface area contributed by atoms with Crippen LogP contribution in [0.5, 0.6) is 0 Å². The molecule has 1 aliphatic rings. The molecule has 0 heterocycles. The summed E-state index contributed by atoms with van der Waals surface area (Å²) in [6.07, 6.45) is 2.01. The summed E-state index contributed by atoms with van der Waals surface area (Å²) in [6.45, 7) is 0. The molecule has 0 amide bonds. The van der Waals surface area contributed by atoms with Gasteiger partial charge in [-0.15, -0.1) is 0 Å². The average molecular weight is 285 g/mol. The molecule has 0 spiro atoms. The van der Waals surface area contributed by atoms with Gasteiger partial charge in [-0.25, -0.2) is 12.8 Å². The molecular weight excluding hydrogens is 269 g/mol. The summed E-state index contributed by atoms with van der Waals surface area (Å²) in [5.74, 6) is -0.439. The highest BCUT2D eigenvalue weighted by molar-refractivity contribution is 7.91. The van der Waals surface area contributed by atoms with Gasteiger partial charge in [0.25, 0.3) is 0 Å². The minimum Gasteiger partial charge on any atom is -0.411 e. The molecule has 1 fully saturated rings. The smallest absolute Gasteiger partial charge is 0.157 e. The maximum atomic E-state index is 12.8. The summed E-state index contributed by atoms with van der Waals surface area (Å²) >= 11 is 0. The summed E-state index contributed by atoms with van der Waals surface area (Å²) in [5, 5.41) is 11.4. The zero-order valence-corrected chi connectivity index (χ0v) is 11.2. The standard InChI is InChI=1S/C13H16FNO3S/c14-11-3-1-10(2-4-11)9-19(17,18)13-7-5-12(15-16)6-8-13/h1-4,13,16H,5-9H2. The van der Waals surface area contributed by atoms with Crippen molar-refractivity contribution in [1.82, 2.24) is 0 Å². The Morgan fingerprint density at radius 3 is 2.32 bits per heavy atom. The predicted octanol–water partition coefficient (Wildman–Crippen LogP) is 2.51. The van der Waals surface area contributed by atoms with Crippen LogP contribution in [-0.4, -0.2) is 24.6 Å². The first kappa shape index (κ1) is 14.0. The molecular formula is C13H16FNO3S. The number of benzene rings is 1. The Hall–Kier alpha value is -1.43. The molecule has 104 valence electrons. The van der Waals surface area contributed by atoms with Gasteiger partial charge in [0, 0.05) is 0 Å². The van der Waals surface area contributed by atoms with Crippen LogP contribution in [0.25, 0.3) is 0 Å². The fraction of sp³-hybridized carbons (Fsp3) is 0.462. The quantitative estimate of drug-likeness (QED) is 0.685. The van der Waals surface area contributed by atoms with E-state index >= 15 is 0 Å². The van der Waals surface area contributed by atoms with Crippen LogP contribution in [0.1, 0.15) is 31.2 Å². The number of nitrogens with zero attached hydrogens (tertiary/aromatic N) is 1. The van der Waals surface area contributed by atoms with Gasteiger partial charge in [-0.2, -0.15) is 0 Å². The van der Waals surface area contributed by atoms with Gasteiger partial charge < -0.3 is 5.21 Å². The number of sulfone groups is 1. The van der Waals surface area contributed by atoms with Gasteiger partial charge in [-0.1, -0.05) is 17.3 Å². The van der Waals surface area contributed by atoms with E-state index in [2.05, 4.69) is 5.16 Å². The van der Waals surface area contributed by atoms with Crippen molar-refractivity contribution in [3.63, 3.8) is 0 Å². The second-order valence-corrected chi connectivity index (χ2v) is 7.08. The number of hydrogen-bond donors (Lipinski definition) is 1. The minimum absolute atomic E-state index is 0.0659. The highest BCUT2D eigenvalue weighted by atomic mass is 32.2. The number of oxime groups is 1. The Morgan fingerprint density at radius 1 is 1.21 bits per heavy atom. The van der Waals surface area contributed by atoms with Crippen molar-refractivity contribution in [1.29, 1.82) is 0 Å². The Labute approximate surface area is 111 Å². The first-order valence-electron chi connectivity index (χ1n) is 6.17. The molecule has 1 aliphatic carbocycles. The Bertz CT molecular complexity index is 556. The molecule has 1 N–H and O–H groups in total. The summed E-state index contributed by atoms with van der Waals surface area (Å²) < 4.78 is 37.2. The van der Waals surface area contributed by atoms with Gasteiger partial charge in [0.15, 0.2) is 9.84 Å². The highest BCUT2D eigenvalue weighted by Gasteiger charge is 2.29. The van der Waals surface area contributed by atoms with Crippen LogP contribution in [0.4, 0.5) is 4.39 Å². The molecule has 1 saturated carbocycles. The molecule has 0 aromatic heterocycles. The topological polar surface area (TPSA) is 66.7 Å². The Kier molecular flexibility index (Phi) is 4.19. The molecule has 0 unspecified atom stereocenters. The van der Waals surface area contributed by atoms with Crippen LogP contribution in [0.2, 0.25) is 0 Å². The van der Waals surface area contributed by atoms with Crippen molar-refractivity contribution < 1.29 is 18.0 Å². The van der Waals surface area contributed by atoms with Crippen LogP contribution in [-0.2, 0) is 15.6 Å². The van der Waals surface area contributed by atoms with Crippen LogP contribution < -0.4 is 0 Å². The molecule has 1 aromatic carbocycles. The van der Waals surface area contributed by atoms with E-state index in [4.69, 9.17) is 5.21 Å². The minimum atomic E-state index is -3.24. The van der Waals surface area contributed by atoms with Crippen LogP contribution in [0.3, 0.4) is 0 Å². The molecule has 0 bridgehead atoms. The van der Waals surface area contributed by atoms with Crippen molar-refractivity contribution in [3.05, 3.63) is 35.6 Å². The molecule has 0 aliphatic heterocycles. The van der Waals surface area contributed by atoms with Crippen molar-refractivity contribution in [2.75, 3.05) is 0 Å². The third kappa shape index (κ3) is 3.53. The number of hydrogen-bond acceptors (Lipinski definition) is 4. The Morgan fingerprint density at radius 2 is 1.79 bits per heavy atom. The third-order valence-electron chi connectivity index (χ3n) is 3.44. The van der Waals surface area contributed by atoms with E-state index in [0.717, 1.165) is 0 Å². The normalized spacial score (nSPS) is 20.3. The van der Waals surface area contributed by atoms with Crippen LogP contribution >= 0.6 is 0 Å². The van der Waals surface area contributed by atoms with E-state index < -0.39 is 15.1 Å². The second kappa shape index (κ2) is 5.69. The molecule has 4 nitrogen and oxygen atoms in total. The average Bonchev–Trinajstić information content (AvgIpc) is 2.41. The van der Waals surface area contributed by atoms with E-state index in [1.54, 1.807) is 0 Å². The lowest BCUT2D eigenvalue weighted by molar-refractivity contribution is 0.314. The first-order chi connectivity index (χ1) is 9.01. The molecule has 1 aromatic rings. The third-order valence-corrected chi connectivity index (χ3v) is 5.66. The molecule has 2 rings (SSSR count). The molecule has 0 radical (unpaired) electrons. The molecule has 6 heteroatoms. The summed E-state index contributed by atoms with van der Waals surface area (Å²) in [7, 11) is -3.24. The fourth-order valence-corrected chi connectivity index (χ4v) is 4.16. The fourth-order valence-electron chi connectivity index (χ4n) is 2.31. The van der Waals surface area contributed by atoms with Crippen LogP contribution in [0, 0.1) is 5.82 Å². The van der Waals surface area contributed by atoms with Gasteiger partial charge in [0.05, 0.1) is 16.7 Å². The first-order valence-corrected chi connectivity index (χ1v) is 7.88. The van der Waals surface area contributed by atoms with Gasteiger partial charge in [-0.3, -0.25) is 0 Å². The lowest BCUT2D eigenvalue weighted by Gasteiger charge is -2.22. The monoisotopic (exact) mass is 285 g/mol. The van der Waals surface area contributed by atoms with E-state index in [-0.39, 0.29) is 11.6 Å². The van der Waals surface area contributed by atoms with Gasteiger partial charge >= 0.3 is 0 Å². The summed E-state index contributed by atoms with van der Waals surface area (Å²) in [6, 6.07) is 5.52. The summed E-state index contributed by atoms with van der Waals surface area (Å²) in [5.41, 5.74) is 1.26. The van der Waals surface area contributed by atoms with Crippen molar-refractivity contribution in [2.24, 2.45) is 5.16 Å². The highest BCUT2D eigenvalue weighted by Crippen LogP contribution is 2.25. The van der Waals surface area contributed by atoms with Crippen LogP contribution in [0.15, 0.2) is 29.4 Å².